The molecular weight excluding hydrogens is 367 g/mol. The van der Waals surface area contributed by atoms with Crippen LogP contribution < -0.4 is 5.32 Å². The standard InChI is InChI=1S/C15H17IN2O2/c1-10-4-2-3-5-13(10)18-15(19)11(9-17)8-12-6-7-14(16)20-12/h6-8,10,13H,2-5H2,1H3,(H,18,19)/b11-8+/t10-,13-/m0/s1. The monoisotopic (exact) mass is 384 g/mol. The van der Waals surface area contributed by atoms with Crippen LogP contribution >= 0.6 is 22.6 Å². The van der Waals surface area contributed by atoms with Gasteiger partial charge in [0, 0.05) is 12.1 Å². The number of rotatable bonds is 3. The van der Waals surface area contributed by atoms with Crippen LogP contribution in [0.15, 0.2) is 22.1 Å². The second-order valence-corrected chi connectivity index (χ2v) is 6.22. The molecule has 106 valence electrons. The summed E-state index contributed by atoms with van der Waals surface area (Å²) < 4.78 is 6.09. The highest BCUT2D eigenvalue weighted by Gasteiger charge is 2.24. The minimum Gasteiger partial charge on any atom is -0.451 e. The second kappa shape index (κ2) is 6.93. The highest BCUT2D eigenvalue weighted by Crippen LogP contribution is 2.24. The van der Waals surface area contributed by atoms with Gasteiger partial charge in [0.2, 0.25) is 0 Å². The van der Waals surface area contributed by atoms with Crippen LogP contribution in [-0.4, -0.2) is 11.9 Å². The van der Waals surface area contributed by atoms with Gasteiger partial charge in [-0.3, -0.25) is 4.79 Å². The van der Waals surface area contributed by atoms with Crippen molar-refractivity contribution in [1.82, 2.24) is 5.32 Å². The summed E-state index contributed by atoms with van der Waals surface area (Å²) in [7, 11) is 0. The fourth-order valence-electron chi connectivity index (χ4n) is 2.47. The summed E-state index contributed by atoms with van der Waals surface area (Å²) in [5.41, 5.74) is 0.0912. The number of hydrogen-bond acceptors (Lipinski definition) is 3. The van der Waals surface area contributed by atoms with Gasteiger partial charge < -0.3 is 9.73 Å². The van der Waals surface area contributed by atoms with E-state index in [1.165, 1.54) is 12.5 Å². The quantitative estimate of drug-likeness (QED) is 0.493. The van der Waals surface area contributed by atoms with Gasteiger partial charge in [0.1, 0.15) is 17.4 Å². The van der Waals surface area contributed by atoms with E-state index in [4.69, 9.17) is 9.68 Å². The van der Waals surface area contributed by atoms with E-state index < -0.39 is 0 Å². The first-order valence-corrected chi connectivity index (χ1v) is 7.86. The summed E-state index contributed by atoms with van der Waals surface area (Å²) in [6.07, 6.45) is 5.97. The van der Waals surface area contributed by atoms with Crippen molar-refractivity contribution in [1.29, 1.82) is 5.26 Å². The van der Waals surface area contributed by atoms with Crippen LogP contribution in [0.3, 0.4) is 0 Å². The molecule has 1 aliphatic rings. The third-order valence-electron chi connectivity index (χ3n) is 3.67. The number of halogens is 1. The maximum absolute atomic E-state index is 12.2. The Morgan fingerprint density at radius 3 is 2.85 bits per heavy atom. The maximum Gasteiger partial charge on any atom is 0.262 e. The molecule has 1 saturated carbocycles. The minimum atomic E-state index is -0.308. The van der Waals surface area contributed by atoms with Crippen LogP contribution in [0.4, 0.5) is 0 Å². The smallest absolute Gasteiger partial charge is 0.262 e. The molecule has 0 spiro atoms. The molecule has 2 rings (SSSR count). The summed E-state index contributed by atoms with van der Waals surface area (Å²) in [6.45, 7) is 2.15. The first-order chi connectivity index (χ1) is 9.60. The Hall–Kier alpha value is -1.29. The van der Waals surface area contributed by atoms with Crippen molar-refractivity contribution in [2.24, 2.45) is 5.92 Å². The van der Waals surface area contributed by atoms with Crippen LogP contribution in [0.1, 0.15) is 38.4 Å². The molecule has 0 radical (unpaired) electrons. The molecule has 5 heteroatoms. The maximum atomic E-state index is 12.2. The number of carbonyl (C=O) groups is 1. The van der Waals surface area contributed by atoms with Crippen molar-refractivity contribution in [3.05, 3.63) is 27.2 Å². The summed E-state index contributed by atoms with van der Waals surface area (Å²) >= 11 is 2.04. The predicted molar refractivity (Wildman–Crippen MR) is 84.6 cm³/mol. The highest BCUT2D eigenvalue weighted by molar-refractivity contribution is 14.1. The van der Waals surface area contributed by atoms with Crippen molar-refractivity contribution < 1.29 is 9.21 Å². The fraction of sp³-hybridized carbons (Fsp3) is 0.467. The summed E-state index contributed by atoms with van der Waals surface area (Å²) in [4.78, 5) is 12.2. The van der Waals surface area contributed by atoms with Gasteiger partial charge in [-0.1, -0.05) is 19.8 Å². The Balaban J connectivity index is 2.06. The third-order valence-corrected chi connectivity index (χ3v) is 4.25. The molecule has 1 N–H and O–H groups in total. The summed E-state index contributed by atoms with van der Waals surface area (Å²) in [5, 5.41) is 12.1. The normalized spacial score (nSPS) is 23.1. The molecule has 1 heterocycles. The molecule has 0 bridgehead atoms. The molecule has 0 saturated heterocycles. The van der Waals surface area contributed by atoms with E-state index in [-0.39, 0.29) is 17.5 Å². The van der Waals surface area contributed by atoms with Crippen LogP contribution in [0.25, 0.3) is 6.08 Å². The first-order valence-electron chi connectivity index (χ1n) is 6.78. The average Bonchev–Trinajstić information content (AvgIpc) is 2.84. The number of nitriles is 1. The molecule has 0 aromatic carbocycles. The highest BCUT2D eigenvalue weighted by atomic mass is 127. The van der Waals surface area contributed by atoms with Gasteiger partial charge in [-0.2, -0.15) is 5.26 Å². The topological polar surface area (TPSA) is 66.0 Å². The average molecular weight is 384 g/mol. The molecule has 1 amide bonds. The zero-order valence-corrected chi connectivity index (χ0v) is 13.5. The molecule has 2 atom stereocenters. The largest absolute Gasteiger partial charge is 0.451 e. The van der Waals surface area contributed by atoms with Crippen molar-refractivity contribution in [3.8, 4) is 6.07 Å². The SMILES string of the molecule is C[C@H]1CCCC[C@@H]1NC(=O)/C(C#N)=C/c1ccc(I)o1. The van der Waals surface area contributed by atoms with Crippen LogP contribution in [-0.2, 0) is 4.79 Å². The van der Waals surface area contributed by atoms with Crippen molar-refractivity contribution in [2.75, 3.05) is 0 Å². The van der Waals surface area contributed by atoms with Crippen molar-refractivity contribution in [3.63, 3.8) is 0 Å². The van der Waals surface area contributed by atoms with Gasteiger partial charge in [0.15, 0.2) is 3.77 Å². The molecule has 4 nitrogen and oxygen atoms in total. The van der Waals surface area contributed by atoms with Gasteiger partial charge in [-0.15, -0.1) is 0 Å². The fourth-order valence-corrected chi connectivity index (χ4v) is 2.91. The van der Waals surface area contributed by atoms with Gasteiger partial charge >= 0.3 is 0 Å². The Labute approximate surface area is 132 Å². The minimum absolute atomic E-state index is 0.0912. The molecule has 1 aliphatic carbocycles. The van der Waals surface area contributed by atoms with E-state index in [0.29, 0.717) is 11.7 Å². The lowest BCUT2D eigenvalue weighted by Crippen LogP contribution is -2.41. The number of furan rings is 1. The van der Waals surface area contributed by atoms with Gasteiger partial charge in [0.25, 0.3) is 5.91 Å². The summed E-state index contributed by atoms with van der Waals surface area (Å²) in [5.74, 6) is 0.688. The number of hydrogen-bond donors (Lipinski definition) is 1. The molecule has 1 aromatic heterocycles. The van der Waals surface area contributed by atoms with E-state index in [1.54, 1.807) is 12.1 Å². The Bertz CT molecular complexity index is 556. The molecule has 1 fully saturated rings. The number of nitrogens with zero attached hydrogens (tertiary/aromatic N) is 1. The van der Waals surface area contributed by atoms with Crippen LogP contribution in [0.2, 0.25) is 0 Å². The van der Waals surface area contributed by atoms with Gasteiger partial charge in [0.05, 0.1) is 0 Å². The zero-order valence-electron chi connectivity index (χ0n) is 11.4. The Kier molecular flexibility index (Phi) is 5.24. The molecule has 0 unspecified atom stereocenters. The number of carbonyl (C=O) groups excluding carboxylic acids is 1. The lowest BCUT2D eigenvalue weighted by molar-refractivity contribution is -0.118. The molecule has 0 aliphatic heterocycles. The lowest BCUT2D eigenvalue weighted by atomic mass is 9.86. The van der Waals surface area contributed by atoms with Gasteiger partial charge in [-0.05, 0) is 53.5 Å². The Morgan fingerprint density at radius 2 is 2.25 bits per heavy atom. The van der Waals surface area contributed by atoms with Crippen LogP contribution in [0, 0.1) is 21.0 Å². The van der Waals surface area contributed by atoms with Gasteiger partial charge in [-0.25, -0.2) is 0 Å². The molecular formula is C15H17IN2O2. The second-order valence-electron chi connectivity index (χ2n) is 5.15. The molecule has 1 aromatic rings. The summed E-state index contributed by atoms with van der Waals surface area (Å²) in [6, 6.07) is 5.66. The first kappa shape index (κ1) is 15.1. The van der Waals surface area contributed by atoms with Crippen molar-refractivity contribution in [2.45, 2.75) is 38.6 Å². The number of amides is 1. The van der Waals surface area contributed by atoms with E-state index in [9.17, 15) is 4.79 Å². The zero-order chi connectivity index (χ0) is 14.5. The molecule has 20 heavy (non-hydrogen) atoms. The third kappa shape index (κ3) is 3.85. The Morgan fingerprint density at radius 1 is 1.50 bits per heavy atom. The lowest BCUT2D eigenvalue weighted by Gasteiger charge is -2.29. The van der Waals surface area contributed by atoms with E-state index in [2.05, 4.69) is 12.2 Å². The van der Waals surface area contributed by atoms with E-state index >= 15 is 0 Å². The van der Waals surface area contributed by atoms with Crippen LogP contribution in [0.5, 0.6) is 0 Å². The van der Waals surface area contributed by atoms with Crippen molar-refractivity contribution >= 4 is 34.6 Å². The van der Waals surface area contributed by atoms with E-state index in [0.717, 1.165) is 23.0 Å². The predicted octanol–water partition coefficient (Wildman–Crippen LogP) is 3.49. The van der Waals surface area contributed by atoms with E-state index in [1.807, 2.05) is 28.7 Å². The number of nitrogens with one attached hydrogen (secondary N) is 1.